The Morgan fingerprint density at radius 1 is 1.33 bits per heavy atom. The van der Waals surface area contributed by atoms with Crippen LogP contribution in [0.1, 0.15) is 25.8 Å². The summed E-state index contributed by atoms with van der Waals surface area (Å²) in [7, 11) is 1.55. The van der Waals surface area contributed by atoms with E-state index in [4.69, 9.17) is 4.74 Å². The lowest BCUT2D eigenvalue weighted by Gasteiger charge is -2.17. The second-order valence-electron chi connectivity index (χ2n) is 5.11. The van der Waals surface area contributed by atoms with Crippen molar-refractivity contribution < 1.29 is 19.4 Å². The van der Waals surface area contributed by atoms with Crippen molar-refractivity contribution in [1.82, 2.24) is 5.32 Å². The molecule has 1 aromatic carbocycles. The Hall–Kier alpha value is -2.04. The number of hydrogen-bond donors (Lipinski definition) is 2. The smallest absolute Gasteiger partial charge is 0.308 e. The largest absolute Gasteiger partial charge is 0.496 e. The van der Waals surface area contributed by atoms with Crippen LogP contribution in [0.25, 0.3) is 0 Å². The lowest BCUT2D eigenvalue weighted by molar-refractivity contribution is -0.141. The van der Waals surface area contributed by atoms with E-state index in [0.717, 1.165) is 12.0 Å². The van der Waals surface area contributed by atoms with Crippen LogP contribution in [-0.2, 0) is 16.0 Å². The van der Waals surface area contributed by atoms with Crippen molar-refractivity contribution in [3.05, 3.63) is 29.8 Å². The Morgan fingerprint density at radius 3 is 2.57 bits per heavy atom. The van der Waals surface area contributed by atoms with Gasteiger partial charge >= 0.3 is 5.97 Å². The average Bonchev–Trinajstić information content (AvgIpc) is 2.50. The summed E-state index contributed by atoms with van der Waals surface area (Å²) in [4.78, 5) is 23.1. The van der Waals surface area contributed by atoms with Gasteiger partial charge in [-0.3, -0.25) is 9.59 Å². The Kier molecular flexibility index (Phi) is 6.72. The molecule has 0 saturated heterocycles. The fraction of sp³-hybridized carbons (Fsp3) is 0.500. The van der Waals surface area contributed by atoms with Gasteiger partial charge in [0.15, 0.2) is 0 Å². The molecule has 5 nitrogen and oxygen atoms in total. The molecule has 0 aliphatic rings. The SMILES string of the molecule is CCC(C)C(=O)NCC(Cc1ccccc1OC)C(=O)O. The third-order valence-corrected chi connectivity index (χ3v) is 3.59. The molecule has 21 heavy (non-hydrogen) atoms. The second-order valence-corrected chi connectivity index (χ2v) is 5.11. The first kappa shape index (κ1) is 17.0. The molecular formula is C16H23NO4. The molecule has 0 radical (unpaired) electrons. The molecule has 2 unspecified atom stereocenters. The molecule has 0 bridgehead atoms. The summed E-state index contributed by atoms with van der Waals surface area (Å²) in [6.45, 7) is 3.87. The topological polar surface area (TPSA) is 75.6 Å². The van der Waals surface area contributed by atoms with Crippen LogP contribution in [0.3, 0.4) is 0 Å². The first-order valence-corrected chi connectivity index (χ1v) is 7.12. The summed E-state index contributed by atoms with van der Waals surface area (Å²) >= 11 is 0. The maximum atomic E-state index is 11.7. The van der Waals surface area contributed by atoms with Crippen molar-refractivity contribution in [1.29, 1.82) is 0 Å². The van der Waals surface area contributed by atoms with Gasteiger partial charge < -0.3 is 15.2 Å². The molecule has 0 aromatic heterocycles. The Labute approximate surface area is 125 Å². The van der Waals surface area contributed by atoms with Crippen LogP contribution in [0.2, 0.25) is 0 Å². The minimum absolute atomic E-state index is 0.106. The Morgan fingerprint density at radius 2 is 2.00 bits per heavy atom. The molecule has 0 spiro atoms. The fourth-order valence-electron chi connectivity index (χ4n) is 1.97. The van der Waals surface area contributed by atoms with E-state index >= 15 is 0 Å². The van der Waals surface area contributed by atoms with Crippen molar-refractivity contribution in [3.63, 3.8) is 0 Å². The summed E-state index contributed by atoms with van der Waals surface area (Å²) in [5.74, 6) is -1.15. The minimum Gasteiger partial charge on any atom is -0.496 e. The molecule has 5 heteroatoms. The summed E-state index contributed by atoms with van der Waals surface area (Å²) in [5.41, 5.74) is 0.824. The fourth-order valence-corrected chi connectivity index (χ4v) is 1.97. The van der Waals surface area contributed by atoms with Gasteiger partial charge in [0, 0.05) is 12.5 Å². The zero-order valence-electron chi connectivity index (χ0n) is 12.8. The van der Waals surface area contributed by atoms with E-state index in [1.54, 1.807) is 13.2 Å². The van der Waals surface area contributed by atoms with E-state index < -0.39 is 11.9 Å². The molecule has 1 rings (SSSR count). The Balaban J connectivity index is 2.70. The van der Waals surface area contributed by atoms with Gasteiger partial charge in [0.25, 0.3) is 0 Å². The number of rotatable bonds is 8. The van der Waals surface area contributed by atoms with Crippen molar-refractivity contribution in [3.8, 4) is 5.75 Å². The standard InChI is InChI=1S/C16H23NO4/c1-4-11(2)15(18)17-10-13(16(19)20)9-12-7-5-6-8-14(12)21-3/h5-8,11,13H,4,9-10H2,1-3H3,(H,17,18)(H,19,20). The number of carbonyl (C=O) groups is 2. The molecule has 0 saturated carbocycles. The second kappa shape index (κ2) is 8.29. The first-order chi connectivity index (χ1) is 9.99. The van der Waals surface area contributed by atoms with Gasteiger partial charge in [-0.25, -0.2) is 0 Å². The molecule has 0 aliphatic carbocycles. The van der Waals surface area contributed by atoms with Crippen LogP contribution in [0.15, 0.2) is 24.3 Å². The van der Waals surface area contributed by atoms with Gasteiger partial charge in [-0.15, -0.1) is 0 Å². The maximum absolute atomic E-state index is 11.7. The van der Waals surface area contributed by atoms with E-state index in [9.17, 15) is 14.7 Å². The number of para-hydroxylation sites is 1. The average molecular weight is 293 g/mol. The van der Waals surface area contributed by atoms with Gasteiger partial charge in [-0.2, -0.15) is 0 Å². The Bertz CT molecular complexity index is 487. The highest BCUT2D eigenvalue weighted by Gasteiger charge is 2.21. The van der Waals surface area contributed by atoms with Crippen LogP contribution < -0.4 is 10.1 Å². The highest BCUT2D eigenvalue weighted by Crippen LogP contribution is 2.21. The lowest BCUT2D eigenvalue weighted by atomic mass is 9.98. The third kappa shape index (κ3) is 5.10. The van der Waals surface area contributed by atoms with Crippen molar-refractivity contribution in [2.24, 2.45) is 11.8 Å². The molecule has 0 aliphatic heterocycles. The number of aliphatic carboxylic acids is 1. The quantitative estimate of drug-likeness (QED) is 0.769. The highest BCUT2D eigenvalue weighted by molar-refractivity contribution is 5.79. The molecule has 1 aromatic rings. The number of carbonyl (C=O) groups excluding carboxylic acids is 1. The number of nitrogens with one attached hydrogen (secondary N) is 1. The summed E-state index contributed by atoms with van der Waals surface area (Å²) in [6, 6.07) is 7.31. The zero-order chi connectivity index (χ0) is 15.8. The van der Waals surface area contributed by atoms with Gasteiger partial charge in [0.05, 0.1) is 13.0 Å². The minimum atomic E-state index is -0.926. The van der Waals surface area contributed by atoms with E-state index in [-0.39, 0.29) is 18.4 Å². The van der Waals surface area contributed by atoms with E-state index in [1.165, 1.54) is 0 Å². The molecule has 2 atom stereocenters. The summed E-state index contributed by atoms with van der Waals surface area (Å²) in [5, 5.41) is 12.0. The molecule has 0 fully saturated rings. The lowest BCUT2D eigenvalue weighted by Crippen LogP contribution is -2.36. The third-order valence-electron chi connectivity index (χ3n) is 3.59. The first-order valence-electron chi connectivity index (χ1n) is 7.12. The van der Waals surface area contributed by atoms with Crippen molar-refractivity contribution >= 4 is 11.9 Å². The van der Waals surface area contributed by atoms with Crippen LogP contribution in [0.5, 0.6) is 5.75 Å². The van der Waals surface area contributed by atoms with Gasteiger partial charge in [0.1, 0.15) is 5.75 Å². The summed E-state index contributed by atoms with van der Waals surface area (Å²) < 4.78 is 5.23. The number of hydrogen-bond acceptors (Lipinski definition) is 3. The molecule has 116 valence electrons. The number of amides is 1. The predicted octanol–water partition coefficient (Wildman–Crippen LogP) is 2.10. The monoisotopic (exact) mass is 293 g/mol. The number of methoxy groups -OCH3 is 1. The van der Waals surface area contributed by atoms with Crippen molar-refractivity contribution in [2.45, 2.75) is 26.7 Å². The number of ether oxygens (including phenoxy) is 1. The van der Waals surface area contributed by atoms with Crippen LogP contribution in [0.4, 0.5) is 0 Å². The number of benzene rings is 1. The van der Waals surface area contributed by atoms with Gasteiger partial charge in [-0.1, -0.05) is 32.0 Å². The van der Waals surface area contributed by atoms with E-state index in [2.05, 4.69) is 5.32 Å². The van der Waals surface area contributed by atoms with E-state index in [0.29, 0.717) is 12.2 Å². The number of carboxylic acid groups (broad SMARTS) is 1. The predicted molar refractivity (Wildman–Crippen MR) is 80.3 cm³/mol. The zero-order valence-corrected chi connectivity index (χ0v) is 12.8. The normalized spacial score (nSPS) is 13.3. The van der Waals surface area contributed by atoms with Crippen LogP contribution in [0, 0.1) is 11.8 Å². The molecule has 2 N–H and O–H groups in total. The molecular weight excluding hydrogens is 270 g/mol. The van der Waals surface area contributed by atoms with Crippen LogP contribution >= 0.6 is 0 Å². The maximum Gasteiger partial charge on any atom is 0.308 e. The van der Waals surface area contributed by atoms with Crippen molar-refractivity contribution in [2.75, 3.05) is 13.7 Å². The van der Waals surface area contributed by atoms with Gasteiger partial charge in [-0.05, 0) is 24.5 Å². The molecule has 1 amide bonds. The molecule has 0 heterocycles. The number of carboxylic acids is 1. The van der Waals surface area contributed by atoms with Crippen LogP contribution in [-0.4, -0.2) is 30.6 Å². The highest BCUT2D eigenvalue weighted by atomic mass is 16.5. The summed E-state index contributed by atoms with van der Waals surface area (Å²) in [6.07, 6.45) is 1.05. The van der Waals surface area contributed by atoms with Gasteiger partial charge in [0.2, 0.25) is 5.91 Å². The van der Waals surface area contributed by atoms with E-state index in [1.807, 2.05) is 32.0 Å².